The van der Waals surface area contributed by atoms with Gasteiger partial charge in [0.2, 0.25) is 0 Å². The van der Waals surface area contributed by atoms with Crippen molar-refractivity contribution in [3.8, 4) is 0 Å². The summed E-state index contributed by atoms with van der Waals surface area (Å²) in [6, 6.07) is 0. The van der Waals surface area contributed by atoms with E-state index in [1.165, 1.54) is 12.2 Å². The van der Waals surface area contributed by atoms with Gasteiger partial charge in [0.25, 0.3) is 0 Å². The molecule has 0 spiro atoms. The quantitative estimate of drug-likeness (QED) is 0.506. The highest BCUT2D eigenvalue weighted by Gasteiger charge is 2.06. The first-order valence-corrected chi connectivity index (χ1v) is 3.49. The van der Waals surface area contributed by atoms with E-state index in [9.17, 15) is 9.59 Å². The van der Waals surface area contributed by atoms with Crippen LogP contribution in [0.25, 0.3) is 0 Å². The molecule has 0 radical (unpaired) electrons. The molecule has 70 valence electrons. The Labute approximate surface area is 75.5 Å². The van der Waals surface area contributed by atoms with Crippen molar-refractivity contribution in [1.29, 1.82) is 0 Å². The summed E-state index contributed by atoms with van der Waals surface area (Å²) in [5.74, 6) is -2.41. The molecule has 0 heterocycles. The van der Waals surface area contributed by atoms with Gasteiger partial charge >= 0.3 is 11.9 Å². The van der Waals surface area contributed by atoms with E-state index in [1.807, 2.05) is 0 Å². The molecule has 0 aliphatic heterocycles. The fourth-order valence-corrected chi connectivity index (χ4v) is 0.610. The van der Waals surface area contributed by atoms with Crippen molar-refractivity contribution in [2.45, 2.75) is 6.92 Å². The summed E-state index contributed by atoms with van der Waals surface area (Å²) in [6.45, 7) is 4.82. The van der Waals surface area contributed by atoms with Crippen LogP contribution >= 0.6 is 0 Å². The lowest BCUT2D eigenvalue weighted by Crippen LogP contribution is -2.02. The van der Waals surface area contributed by atoms with Crippen LogP contribution in [0, 0.1) is 0 Å². The van der Waals surface area contributed by atoms with Gasteiger partial charge in [-0.15, -0.1) is 0 Å². The molecule has 0 fully saturated rings. The molecule has 0 amide bonds. The van der Waals surface area contributed by atoms with E-state index in [4.69, 9.17) is 10.2 Å². The molecule has 0 saturated carbocycles. The van der Waals surface area contributed by atoms with Gasteiger partial charge in [-0.2, -0.15) is 0 Å². The number of rotatable bonds is 4. The second-order valence-electron chi connectivity index (χ2n) is 2.24. The van der Waals surface area contributed by atoms with Gasteiger partial charge in [-0.05, 0) is 13.0 Å². The van der Waals surface area contributed by atoms with Crippen LogP contribution in [0.3, 0.4) is 0 Å². The minimum absolute atomic E-state index is 0.102. The predicted molar refractivity (Wildman–Crippen MR) is 47.3 cm³/mol. The number of carboxylic acid groups (broad SMARTS) is 2. The van der Waals surface area contributed by atoms with E-state index in [-0.39, 0.29) is 11.1 Å². The van der Waals surface area contributed by atoms with Crippen LogP contribution in [-0.4, -0.2) is 22.2 Å². The number of aliphatic carboxylic acids is 2. The maximum atomic E-state index is 10.5. The molecule has 0 saturated heterocycles. The van der Waals surface area contributed by atoms with Crippen LogP contribution in [-0.2, 0) is 9.59 Å². The normalized spacial score (nSPS) is 11.6. The molecule has 0 aromatic carbocycles. The lowest BCUT2D eigenvalue weighted by atomic mass is 10.1. The van der Waals surface area contributed by atoms with Crippen LogP contribution in [0.2, 0.25) is 0 Å². The zero-order valence-corrected chi connectivity index (χ0v) is 7.15. The molecule has 4 nitrogen and oxygen atoms in total. The molecule has 13 heavy (non-hydrogen) atoms. The zero-order chi connectivity index (χ0) is 10.4. The van der Waals surface area contributed by atoms with Crippen molar-refractivity contribution in [2.75, 3.05) is 0 Å². The second-order valence-corrected chi connectivity index (χ2v) is 2.24. The van der Waals surface area contributed by atoms with E-state index < -0.39 is 11.9 Å². The molecule has 0 rings (SSSR count). The van der Waals surface area contributed by atoms with Crippen LogP contribution in [0.15, 0.2) is 36.0 Å². The average Bonchev–Trinajstić information content (AvgIpc) is 2.03. The summed E-state index contributed by atoms with van der Waals surface area (Å²) >= 11 is 0. The number of allylic oxidation sites excluding steroid dienone is 1. The van der Waals surface area contributed by atoms with E-state index in [1.54, 1.807) is 6.92 Å². The van der Waals surface area contributed by atoms with Crippen molar-refractivity contribution in [2.24, 2.45) is 0 Å². The molecule has 0 aromatic rings. The third kappa shape index (κ3) is 3.91. The molecule has 0 atom stereocenters. The number of hydrogen-bond donors (Lipinski definition) is 2. The van der Waals surface area contributed by atoms with E-state index >= 15 is 0 Å². The zero-order valence-electron chi connectivity index (χ0n) is 7.15. The highest BCUT2D eigenvalue weighted by atomic mass is 16.4. The van der Waals surface area contributed by atoms with Crippen LogP contribution < -0.4 is 0 Å². The summed E-state index contributed by atoms with van der Waals surface area (Å²) in [7, 11) is 0. The molecule has 0 unspecified atom stereocenters. The maximum Gasteiger partial charge on any atom is 0.335 e. The van der Waals surface area contributed by atoms with E-state index in [2.05, 4.69) is 6.58 Å². The summed E-state index contributed by atoms with van der Waals surface area (Å²) in [6.07, 6.45) is 3.82. The molecule has 4 heteroatoms. The van der Waals surface area contributed by atoms with Gasteiger partial charge in [-0.3, -0.25) is 0 Å². The second kappa shape index (κ2) is 4.92. The molecule has 0 aliphatic carbocycles. The van der Waals surface area contributed by atoms with Gasteiger partial charge in [0.1, 0.15) is 0 Å². The van der Waals surface area contributed by atoms with Crippen molar-refractivity contribution >= 4 is 11.9 Å². The standard InChI is InChI=1S/C9H10O4/c1-3-4-7(9(12)13)5-6(2)8(10)11/h3-5H,2H2,1H3,(H,10,11)(H,12,13)/b4-3-,7-5+. The topological polar surface area (TPSA) is 74.6 Å². The SMILES string of the molecule is C=C(/C=C(\C=C/C)C(=O)O)C(=O)O. The van der Waals surface area contributed by atoms with Gasteiger partial charge in [0, 0.05) is 0 Å². The van der Waals surface area contributed by atoms with Gasteiger partial charge in [-0.1, -0.05) is 18.7 Å². The number of carboxylic acids is 2. The van der Waals surface area contributed by atoms with Crippen molar-refractivity contribution in [1.82, 2.24) is 0 Å². The summed E-state index contributed by atoms with van der Waals surface area (Å²) < 4.78 is 0. The average molecular weight is 182 g/mol. The fraction of sp³-hybridized carbons (Fsp3) is 0.111. The maximum absolute atomic E-state index is 10.5. The Bertz CT molecular complexity index is 297. The Morgan fingerprint density at radius 1 is 1.23 bits per heavy atom. The van der Waals surface area contributed by atoms with Crippen molar-refractivity contribution in [3.05, 3.63) is 36.0 Å². The summed E-state index contributed by atoms with van der Waals surface area (Å²) in [5, 5.41) is 17.0. The van der Waals surface area contributed by atoms with Crippen molar-refractivity contribution in [3.63, 3.8) is 0 Å². The monoisotopic (exact) mass is 182 g/mol. The molecule has 0 aromatic heterocycles. The molecule has 2 N–H and O–H groups in total. The molecule has 0 bridgehead atoms. The predicted octanol–water partition coefficient (Wildman–Crippen LogP) is 1.21. The minimum atomic E-state index is -1.23. The van der Waals surface area contributed by atoms with Crippen LogP contribution in [0.5, 0.6) is 0 Å². The molecular formula is C9H10O4. The molecule has 0 aliphatic rings. The fourth-order valence-electron chi connectivity index (χ4n) is 0.610. The first-order chi connectivity index (χ1) is 5.99. The summed E-state index contributed by atoms with van der Waals surface area (Å²) in [5.41, 5.74) is -0.356. The van der Waals surface area contributed by atoms with Crippen molar-refractivity contribution < 1.29 is 19.8 Å². The van der Waals surface area contributed by atoms with E-state index in [0.29, 0.717) is 0 Å². The largest absolute Gasteiger partial charge is 0.478 e. The van der Waals surface area contributed by atoms with Gasteiger partial charge in [0.05, 0.1) is 11.1 Å². The smallest absolute Gasteiger partial charge is 0.335 e. The Kier molecular flexibility index (Phi) is 4.23. The van der Waals surface area contributed by atoms with Gasteiger partial charge in [0.15, 0.2) is 0 Å². The third-order valence-corrected chi connectivity index (χ3v) is 1.20. The highest BCUT2D eigenvalue weighted by Crippen LogP contribution is 2.03. The van der Waals surface area contributed by atoms with E-state index in [0.717, 1.165) is 6.08 Å². The van der Waals surface area contributed by atoms with Crippen LogP contribution in [0.1, 0.15) is 6.92 Å². The Morgan fingerprint density at radius 3 is 2.08 bits per heavy atom. The Balaban J connectivity index is 4.84. The minimum Gasteiger partial charge on any atom is -0.478 e. The Morgan fingerprint density at radius 2 is 1.77 bits per heavy atom. The summed E-state index contributed by atoms with van der Waals surface area (Å²) in [4.78, 5) is 20.8. The van der Waals surface area contributed by atoms with Gasteiger partial charge in [-0.25, -0.2) is 9.59 Å². The van der Waals surface area contributed by atoms with Gasteiger partial charge < -0.3 is 10.2 Å². The van der Waals surface area contributed by atoms with Crippen LogP contribution in [0.4, 0.5) is 0 Å². The Hall–Kier alpha value is -1.84. The highest BCUT2D eigenvalue weighted by molar-refractivity contribution is 5.95. The first-order valence-electron chi connectivity index (χ1n) is 3.49. The first kappa shape index (κ1) is 11.2. The molecular weight excluding hydrogens is 172 g/mol. The number of hydrogen-bond acceptors (Lipinski definition) is 2. The lowest BCUT2D eigenvalue weighted by Gasteiger charge is -1.94. The lowest BCUT2D eigenvalue weighted by molar-refractivity contribution is -0.132. The number of carbonyl (C=O) groups is 2. The third-order valence-electron chi connectivity index (χ3n) is 1.20.